The van der Waals surface area contributed by atoms with Crippen LogP contribution in [0.1, 0.15) is 30.2 Å². The number of fused-ring (bicyclic) bond motifs is 4. The molecule has 3 aliphatic rings. The molecule has 148 valence electrons. The average molecular weight is 387 g/mol. The van der Waals surface area contributed by atoms with E-state index >= 15 is 0 Å². The van der Waals surface area contributed by atoms with Crippen molar-refractivity contribution >= 4 is 10.9 Å². The number of aliphatic hydroxyl groups is 1. The van der Waals surface area contributed by atoms with E-state index in [4.69, 9.17) is 0 Å². The fourth-order valence-corrected chi connectivity index (χ4v) is 5.78. The predicted molar refractivity (Wildman–Crippen MR) is 115 cm³/mol. The molecule has 0 amide bonds. The van der Waals surface area contributed by atoms with Crippen molar-refractivity contribution in [3.05, 3.63) is 84.8 Å². The highest BCUT2D eigenvalue weighted by Crippen LogP contribution is 2.47. The van der Waals surface area contributed by atoms with Gasteiger partial charge < -0.3 is 9.59 Å². The quantitative estimate of drug-likeness (QED) is 0.526. The zero-order valence-electron chi connectivity index (χ0n) is 16.7. The number of hydrogen-bond donors (Lipinski definition) is 1. The highest BCUT2D eigenvalue weighted by atomic mass is 16.3. The van der Waals surface area contributed by atoms with Crippen molar-refractivity contribution in [2.24, 2.45) is 11.8 Å². The number of rotatable bonds is 5. The first kappa shape index (κ1) is 18.5. The van der Waals surface area contributed by atoms with Crippen molar-refractivity contribution in [3.63, 3.8) is 0 Å². The van der Waals surface area contributed by atoms with Gasteiger partial charge in [0.2, 0.25) is 0 Å². The number of para-hydroxylation sites is 1. The van der Waals surface area contributed by atoms with Gasteiger partial charge in [-0.15, -0.1) is 6.58 Å². The molecule has 5 heterocycles. The molecule has 4 unspecified atom stereocenters. The number of hydrogen-bond acceptors (Lipinski definition) is 3. The van der Waals surface area contributed by atoms with Gasteiger partial charge in [0.15, 0.2) is 0 Å². The molecule has 4 heteroatoms. The van der Waals surface area contributed by atoms with E-state index in [-0.39, 0.29) is 6.04 Å². The van der Waals surface area contributed by atoms with Crippen molar-refractivity contribution < 1.29 is 9.59 Å². The predicted octanol–water partition coefficient (Wildman–Crippen LogP) is 4.27. The first-order valence-electron chi connectivity index (χ1n) is 10.6. The van der Waals surface area contributed by atoms with E-state index in [2.05, 4.69) is 40.8 Å². The smallest absolute Gasteiger partial charge is 0.131 e. The molecule has 2 bridgehead atoms. The fraction of sp³-hybridized carbons (Fsp3) is 0.360. The number of nitrogens with zero attached hydrogens (tertiary/aromatic N) is 3. The second-order valence-corrected chi connectivity index (χ2v) is 8.72. The summed E-state index contributed by atoms with van der Waals surface area (Å²) >= 11 is 0. The largest absolute Gasteiger partial charge is 0.382 e. The third kappa shape index (κ3) is 3.17. The summed E-state index contributed by atoms with van der Waals surface area (Å²) in [4.78, 5) is 9.11. The van der Waals surface area contributed by atoms with Crippen molar-refractivity contribution in [2.75, 3.05) is 13.1 Å². The van der Waals surface area contributed by atoms with Crippen LogP contribution in [0, 0.1) is 11.8 Å². The first-order chi connectivity index (χ1) is 14.2. The minimum absolute atomic E-state index is 0.165. The number of quaternary nitrogens is 1. The molecular weight excluding hydrogens is 358 g/mol. The number of piperidine rings is 3. The molecular formula is C25H28N3O+. The van der Waals surface area contributed by atoms with Crippen LogP contribution in [0.2, 0.25) is 0 Å². The Morgan fingerprint density at radius 2 is 1.97 bits per heavy atom. The number of pyridine rings is 2. The lowest BCUT2D eigenvalue weighted by Crippen LogP contribution is -2.67. The van der Waals surface area contributed by atoms with Gasteiger partial charge in [-0.2, -0.15) is 0 Å². The summed E-state index contributed by atoms with van der Waals surface area (Å²) < 4.78 is 0.891. The molecule has 5 atom stereocenters. The summed E-state index contributed by atoms with van der Waals surface area (Å²) in [5.41, 5.74) is 3.05. The van der Waals surface area contributed by atoms with E-state index in [1.807, 2.05) is 42.7 Å². The molecule has 2 aromatic heterocycles. The van der Waals surface area contributed by atoms with E-state index in [0.717, 1.165) is 52.7 Å². The SMILES string of the molecule is C=CC1C[N+]2(Cc3ccccn3)CCC1CC2[C@H](O)c1ccnc2ccccc12. The Bertz CT molecular complexity index is 1020. The molecule has 0 radical (unpaired) electrons. The normalized spacial score (nSPS) is 29.6. The molecule has 3 aromatic rings. The lowest BCUT2D eigenvalue weighted by molar-refractivity contribution is -0.985. The van der Waals surface area contributed by atoms with Crippen molar-refractivity contribution in [3.8, 4) is 0 Å². The number of benzene rings is 1. The van der Waals surface area contributed by atoms with Gasteiger partial charge in [0.05, 0.1) is 24.3 Å². The molecule has 1 aromatic carbocycles. The summed E-state index contributed by atoms with van der Waals surface area (Å²) in [7, 11) is 0. The van der Waals surface area contributed by atoms with Crippen LogP contribution in [0.4, 0.5) is 0 Å². The fourth-order valence-electron chi connectivity index (χ4n) is 5.78. The maximum atomic E-state index is 11.7. The van der Waals surface area contributed by atoms with E-state index in [0.29, 0.717) is 11.8 Å². The van der Waals surface area contributed by atoms with Gasteiger partial charge in [-0.1, -0.05) is 30.3 Å². The first-order valence-corrected chi connectivity index (χ1v) is 10.6. The maximum Gasteiger partial charge on any atom is 0.131 e. The lowest BCUT2D eigenvalue weighted by Gasteiger charge is -2.58. The Morgan fingerprint density at radius 1 is 1.10 bits per heavy atom. The molecule has 0 saturated carbocycles. The summed E-state index contributed by atoms with van der Waals surface area (Å²) in [6, 6.07) is 16.4. The van der Waals surface area contributed by atoms with E-state index in [9.17, 15) is 5.11 Å². The van der Waals surface area contributed by atoms with Crippen LogP contribution in [0.3, 0.4) is 0 Å². The van der Waals surface area contributed by atoms with Crippen LogP contribution in [-0.2, 0) is 6.54 Å². The minimum atomic E-state index is -0.514. The monoisotopic (exact) mass is 386 g/mol. The van der Waals surface area contributed by atoms with Crippen molar-refractivity contribution in [2.45, 2.75) is 31.5 Å². The van der Waals surface area contributed by atoms with Gasteiger partial charge in [0, 0.05) is 36.5 Å². The standard InChI is InChI=1S/C25H28N3O/c1-2-18-16-28(17-20-7-5-6-12-26-20)14-11-19(18)15-24(28)25(29)22-10-13-27-23-9-4-3-8-21(22)23/h2-10,12-13,18-19,24-25,29H,1,11,14-17H2/q+1/t18?,19?,24?,25-,28?/m1/s1. The number of aliphatic hydroxyl groups excluding tert-OH is 1. The highest BCUT2D eigenvalue weighted by Gasteiger charge is 2.54. The van der Waals surface area contributed by atoms with Crippen LogP contribution in [-0.4, -0.2) is 38.7 Å². The van der Waals surface area contributed by atoms with Gasteiger partial charge in [0.25, 0.3) is 0 Å². The van der Waals surface area contributed by atoms with E-state index in [1.165, 1.54) is 6.42 Å². The Kier molecular flexibility index (Phi) is 4.69. The topological polar surface area (TPSA) is 46.0 Å². The Labute approximate surface area is 172 Å². The molecule has 0 spiro atoms. The molecule has 3 aliphatic heterocycles. The van der Waals surface area contributed by atoms with Gasteiger partial charge >= 0.3 is 0 Å². The summed E-state index contributed by atoms with van der Waals surface area (Å²) in [6.07, 6.45) is 7.55. The van der Waals surface area contributed by atoms with E-state index in [1.54, 1.807) is 0 Å². The molecule has 1 N–H and O–H groups in total. The lowest BCUT2D eigenvalue weighted by atomic mass is 9.71. The molecule has 29 heavy (non-hydrogen) atoms. The van der Waals surface area contributed by atoms with Gasteiger partial charge in [-0.05, 0) is 35.7 Å². The summed E-state index contributed by atoms with van der Waals surface area (Å²) in [5, 5.41) is 12.7. The van der Waals surface area contributed by atoms with Crippen molar-refractivity contribution in [1.82, 2.24) is 9.97 Å². The van der Waals surface area contributed by atoms with Crippen LogP contribution < -0.4 is 0 Å². The molecule has 0 aliphatic carbocycles. The highest BCUT2D eigenvalue weighted by molar-refractivity contribution is 5.82. The Morgan fingerprint density at radius 3 is 2.79 bits per heavy atom. The van der Waals surface area contributed by atoms with Crippen LogP contribution >= 0.6 is 0 Å². The summed E-state index contributed by atoms with van der Waals surface area (Å²) in [6.45, 7) is 7.11. The average Bonchev–Trinajstić information content (AvgIpc) is 2.78. The van der Waals surface area contributed by atoms with E-state index < -0.39 is 6.10 Å². The third-order valence-electron chi connectivity index (χ3n) is 7.24. The number of aromatic nitrogens is 2. The molecule has 4 nitrogen and oxygen atoms in total. The third-order valence-corrected chi connectivity index (χ3v) is 7.24. The van der Waals surface area contributed by atoms with Crippen LogP contribution in [0.25, 0.3) is 10.9 Å². The second-order valence-electron chi connectivity index (χ2n) is 8.72. The summed E-state index contributed by atoms with van der Waals surface area (Å²) in [5.74, 6) is 1.13. The Hall–Kier alpha value is -2.56. The zero-order chi connectivity index (χ0) is 19.8. The molecule has 3 saturated heterocycles. The zero-order valence-corrected chi connectivity index (χ0v) is 16.7. The van der Waals surface area contributed by atoms with Crippen LogP contribution in [0.15, 0.2) is 73.6 Å². The Balaban J connectivity index is 1.56. The van der Waals surface area contributed by atoms with Gasteiger partial charge in [0.1, 0.15) is 18.7 Å². The molecule has 6 rings (SSSR count). The second kappa shape index (κ2) is 7.36. The van der Waals surface area contributed by atoms with Gasteiger partial charge in [-0.25, -0.2) is 0 Å². The van der Waals surface area contributed by atoms with Gasteiger partial charge in [-0.3, -0.25) is 9.97 Å². The molecule has 3 fully saturated rings. The maximum absolute atomic E-state index is 11.7. The van der Waals surface area contributed by atoms with Crippen LogP contribution in [0.5, 0.6) is 0 Å². The van der Waals surface area contributed by atoms with Crippen molar-refractivity contribution in [1.29, 1.82) is 0 Å². The minimum Gasteiger partial charge on any atom is -0.382 e.